The highest BCUT2D eigenvalue weighted by Gasteiger charge is 2.23. The van der Waals surface area contributed by atoms with Crippen LogP contribution in [0.1, 0.15) is 23.2 Å². The lowest BCUT2D eigenvalue weighted by Gasteiger charge is -2.13. The van der Waals surface area contributed by atoms with Crippen LogP contribution in [-0.2, 0) is 0 Å². The summed E-state index contributed by atoms with van der Waals surface area (Å²) in [6.45, 7) is 0. The van der Waals surface area contributed by atoms with Crippen molar-refractivity contribution in [2.45, 2.75) is 18.9 Å². The molecule has 0 spiro atoms. The van der Waals surface area contributed by atoms with Gasteiger partial charge in [-0.15, -0.1) is 0 Å². The van der Waals surface area contributed by atoms with Gasteiger partial charge in [0.1, 0.15) is 5.52 Å². The second-order valence-corrected chi connectivity index (χ2v) is 8.87. The lowest BCUT2D eigenvalue weighted by atomic mass is 10.1. The molecule has 166 valence electrons. The van der Waals surface area contributed by atoms with Crippen molar-refractivity contribution in [1.29, 1.82) is 0 Å². The molecular weight excluding hydrogens is 448 g/mol. The zero-order valence-electron chi connectivity index (χ0n) is 18.0. The predicted molar refractivity (Wildman–Crippen MR) is 134 cm³/mol. The van der Waals surface area contributed by atoms with Crippen molar-refractivity contribution in [2.24, 2.45) is 0 Å². The van der Waals surface area contributed by atoms with Gasteiger partial charge in [-0.25, -0.2) is 4.98 Å². The van der Waals surface area contributed by atoms with Crippen LogP contribution in [0.25, 0.3) is 38.9 Å². The first-order valence-corrected chi connectivity index (χ1v) is 11.4. The number of carbonyl (C=O) groups excluding carboxylic acids is 1. The molecule has 1 amide bonds. The molecule has 1 saturated carbocycles. The maximum atomic E-state index is 13.1. The number of rotatable bonds is 4. The summed E-state index contributed by atoms with van der Waals surface area (Å²) in [6.07, 6.45) is 3.80. The monoisotopic (exact) mass is 466 g/mol. The number of pyridine rings is 3. The largest absolute Gasteiger partial charge is 0.349 e. The molecule has 0 saturated heterocycles. The van der Waals surface area contributed by atoms with Crippen molar-refractivity contribution in [3.8, 4) is 16.9 Å². The number of nitrogens with one attached hydrogen (secondary N) is 1. The van der Waals surface area contributed by atoms with E-state index in [4.69, 9.17) is 16.6 Å². The van der Waals surface area contributed by atoms with Gasteiger partial charge in [-0.3, -0.25) is 19.1 Å². The fourth-order valence-corrected chi connectivity index (χ4v) is 4.19. The molecular formula is C27H19ClN4O2. The Labute approximate surface area is 199 Å². The first-order chi connectivity index (χ1) is 16.6. The molecule has 0 bridgehead atoms. The summed E-state index contributed by atoms with van der Waals surface area (Å²) in [5, 5.41) is 4.43. The average molecular weight is 467 g/mol. The van der Waals surface area contributed by atoms with E-state index in [9.17, 15) is 9.59 Å². The minimum atomic E-state index is -0.186. The third kappa shape index (κ3) is 3.72. The molecule has 0 radical (unpaired) electrons. The van der Waals surface area contributed by atoms with Gasteiger partial charge in [0.15, 0.2) is 0 Å². The zero-order valence-corrected chi connectivity index (χ0v) is 18.8. The Balaban J connectivity index is 1.52. The first kappa shape index (κ1) is 20.6. The molecule has 0 aliphatic heterocycles. The van der Waals surface area contributed by atoms with Gasteiger partial charge >= 0.3 is 0 Å². The quantitative estimate of drug-likeness (QED) is 0.372. The van der Waals surface area contributed by atoms with Crippen molar-refractivity contribution >= 4 is 39.4 Å². The smallest absolute Gasteiger partial charge is 0.255 e. The number of fused-ring (bicyclic) bond motifs is 3. The number of hydrogen-bond donors (Lipinski definition) is 1. The van der Waals surface area contributed by atoms with E-state index in [-0.39, 0.29) is 17.5 Å². The van der Waals surface area contributed by atoms with Gasteiger partial charge < -0.3 is 5.32 Å². The maximum Gasteiger partial charge on any atom is 0.255 e. The predicted octanol–water partition coefficient (Wildman–Crippen LogP) is 5.15. The molecule has 34 heavy (non-hydrogen) atoms. The number of hydrogen-bond acceptors (Lipinski definition) is 4. The van der Waals surface area contributed by atoms with E-state index >= 15 is 0 Å². The number of halogens is 1. The lowest BCUT2D eigenvalue weighted by Crippen LogP contribution is -2.25. The van der Waals surface area contributed by atoms with Crippen LogP contribution in [0.4, 0.5) is 0 Å². The Bertz CT molecular complexity index is 1620. The van der Waals surface area contributed by atoms with Crippen molar-refractivity contribution in [3.05, 3.63) is 99.9 Å². The third-order valence-electron chi connectivity index (χ3n) is 6.00. The molecule has 3 aromatic heterocycles. The SMILES string of the molecule is O=C(NC1CC1)c1ccc(-n2c(=O)ccc3cnc4ccc(-c5ccc(Cl)cc5)nc4c32)cc1. The normalized spacial score (nSPS) is 13.3. The van der Waals surface area contributed by atoms with Crippen molar-refractivity contribution in [3.63, 3.8) is 0 Å². The Morgan fingerprint density at radius 2 is 1.71 bits per heavy atom. The van der Waals surface area contributed by atoms with E-state index in [1.54, 1.807) is 41.1 Å². The van der Waals surface area contributed by atoms with Crippen LogP contribution >= 0.6 is 11.6 Å². The van der Waals surface area contributed by atoms with Gasteiger partial charge in [0, 0.05) is 45.5 Å². The molecule has 0 atom stereocenters. The molecule has 1 aliphatic carbocycles. The van der Waals surface area contributed by atoms with E-state index in [0.717, 1.165) is 29.5 Å². The van der Waals surface area contributed by atoms with E-state index in [1.807, 2.05) is 36.4 Å². The Hall–Kier alpha value is -4.03. The van der Waals surface area contributed by atoms with Gasteiger partial charge in [-0.2, -0.15) is 0 Å². The van der Waals surface area contributed by atoms with E-state index in [0.29, 0.717) is 32.8 Å². The maximum absolute atomic E-state index is 13.1. The number of benzene rings is 2. The summed E-state index contributed by atoms with van der Waals surface area (Å²) < 4.78 is 1.63. The topological polar surface area (TPSA) is 76.9 Å². The van der Waals surface area contributed by atoms with Gasteiger partial charge in [0.25, 0.3) is 11.5 Å². The van der Waals surface area contributed by atoms with Crippen LogP contribution < -0.4 is 10.9 Å². The lowest BCUT2D eigenvalue weighted by molar-refractivity contribution is 0.0951. The number of amides is 1. The summed E-state index contributed by atoms with van der Waals surface area (Å²) in [7, 11) is 0. The fourth-order valence-electron chi connectivity index (χ4n) is 4.07. The highest BCUT2D eigenvalue weighted by atomic mass is 35.5. The first-order valence-electron chi connectivity index (χ1n) is 11.1. The summed E-state index contributed by atoms with van der Waals surface area (Å²) >= 11 is 6.04. The summed E-state index contributed by atoms with van der Waals surface area (Å²) in [4.78, 5) is 34.9. The average Bonchev–Trinajstić information content (AvgIpc) is 3.68. The molecule has 6 rings (SSSR count). The molecule has 5 aromatic rings. The molecule has 0 unspecified atom stereocenters. The summed E-state index contributed by atoms with van der Waals surface area (Å²) in [6, 6.07) is 21.9. The second kappa shape index (κ2) is 8.08. The second-order valence-electron chi connectivity index (χ2n) is 8.43. The molecule has 3 heterocycles. The van der Waals surface area contributed by atoms with Gasteiger partial charge in [-0.05, 0) is 67.4 Å². The number of aromatic nitrogens is 3. The molecule has 1 N–H and O–H groups in total. The number of carbonyl (C=O) groups is 1. The van der Waals surface area contributed by atoms with E-state index in [2.05, 4.69) is 10.3 Å². The Morgan fingerprint density at radius 1 is 0.941 bits per heavy atom. The van der Waals surface area contributed by atoms with E-state index < -0.39 is 0 Å². The highest BCUT2D eigenvalue weighted by Crippen LogP contribution is 2.27. The molecule has 7 heteroatoms. The van der Waals surface area contributed by atoms with Crippen LogP contribution in [-0.4, -0.2) is 26.5 Å². The summed E-state index contributed by atoms with van der Waals surface area (Å²) in [5.74, 6) is -0.0942. The van der Waals surface area contributed by atoms with Crippen LogP contribution in [0.3, 0.4) is 0 Å². The summed E-state index contributed by atoms with van der Waals surface area (Å²) in [5.41, 5.74) is 4.69. The molecule has 2 aromatic carbocycles. The van der Waals surface area contributed by atoms with Crippen molar-refractivity contribution in [2.75, 3.05) is 0 Å². The van der Waals surface area contributed by atoms with Crippen LogP contribution in [0.15, 0.2) is 83.8 Å². The Kier molecular flexibility index (Phi) is 4.89. The van der Waals surface area contributed by atoms with Crippen LogP contribution in [0.5, 0.6) is 0 Å². The molecule has 6 nitrogen and oxygen atoms in total. The standard InChI is InChI=1S/C27H19ClN4O2/c28-19-6-1-16(2-7-19)22-12-13-23-25(31-22)26-18(15-29-23)5-14-24(33)32(26)21-10-3-17(4-11-21)27(34)30-20-8-9-20/h1-7,10-15,20H,8-9H2,(H,30,34). The highest BCUT2D eigenvalue weighted by molar-refractivity contribution is 6.30. The molecule has 1 fully saturated rings. The zero-order chi connectivity index (χ0) is 23.2. The number of nitrogens with zero attached hydrogens (tertiary/aromatic N) is 3. The minimum Gasteiger partial charge on any atom is -0.349 e. The third-order valence-corrected chi connectivity index (χ3v) is 6.26. The van der Waals surface area contributed by atoms with Crippen molar-refractivity contribution < 1.29 is 4.79 Å². The van der Waals surface area contributed by atoms with E-state index in [1.165, 1.54) is 6.07 Å². The molecule has 1 aliphatic rings. The van der Waals surface area contributed by atoms with Crippen LogP contribution in [0, 0.1) is 0 Å². The van der Waals surface area contributed by atoms with Crippen LogP contribution in [0.2, 0.25) is 5.02 Å². The van der Waals surface area contributed by atoms with Gasteiger partial charge in [-0.1, -0.05) is 23.7 Å². The Morgan fingerprint density at radius 3 is 2.44 bits per heavy atom. The van der Waals surface area contributed by atoms with Gasteiger partial charge in [0.05, 0.1) is 16.7 Å². The minimum absolute atomic E-state index is 0.0942. The van der Waals surface area contributed by atoms with Crippen molar-refractivity contribution in [1.82, 2.24) is 19.9 Å². The fraction of sp³-hybridized carbons (Fsp3) is 0.111. The van der Waals surface area contributed by atoms with Gasteiger partial charge in [0.2, 0.25) is 0 Å².